The maximum absolute atomic E-state index is 13.9. The number of benzene rings is 3. The second-order valence-electron chi connectivity index (χ2n) is 7.49. The van der Waals surface area contributed by atoms with Crippen molar-refractivity contribution in [1.29, 1.82) is 0 Å². The van der Waals surface area contributed by atoms with Gasteiger partial charge in [0.05, 0.1) is 0 Å². The fourth-order valence-corrected chi connectivity index (χ4v) is 4.32. The Labute approximate surface area is 153 Å². The van der Waals surface area contributed by atoms with Crippen LogP contribution in [-0.4, -0.2) is 0 Å². The van der Waals surface area contributed by atoms with Crippen LogP contribution in [0.5, 0.6) is 0 Å². The Bertz CT molecular complexity index is 903. The van der Waals surface area contributed by atoms with Crippen molar-refractivity contribution in [3.05, 3.63) is 82.9 Å². The van der Waals surface area contributed by atoms with Crippen LogP contribution in [0.4, 0.5) is 8.78 Å². The lowest BCUT2D eigenvalue weighted by Gasteiger charge is -2.29. The highest BCUT2D eigenvalue weighted by molar-refractivity contribution is 5.84. The maximum atomic E-state index is 13.9. The first-order valence-electron chi connectivity index (χ1n) is 9.62. The molecule has 26 heavy (non-hydrogen) atoms. The first-order chi connectivity index (χ1) is 12.7. The standard InChI is InChI=1S/C24H24F2/c1-2-16-3-5-17(6-4-16)18-7-9-19(10-8-18)20-11-13-22-21(15-20)12-14-23(25)24(22)26/h3-6,11-15,18-19H,2,7-10H2,1H3. The van der Waals surface area contributed by atoms with Crippen LogP contribution in [0.2, 0.25) is 0 Å². The van der Waals surface area contributed by atoms with Gasteiger partial charge in [0.2, 0.25) is 0 Å². The topological polar surface area (TPSA) is 0 Å². The minimum absolute atomic E-state index is 0.374. The SMILES string of the molecule is CCc1ccc(C2CCC(c3ccc4c(F)c(F)ccc4c3)CC2)cc1. The first kappa shape index (κ1) is 17.2. The van der Waals surface area contributed by atoms with Crippen LogP contribution in [-0.2, 0) is 6.42 Å². The number of rotatable bonds is 3. The molecule has 0 amide bonds. The van der Waals surface area contributed by atoms with E-state index in [0.29, 0.717) is 17.2 Å². The lowest BCUT2D eigenvalue weighted by atomic mass is 9.76. The molecule has 0 spiro atoms. The van der Waals surface area contributed by atoms with Crippen molar-refractivity contribution >= 4 is 10.8 Å². The van der Waals surface area contributed by atoms with E-state index in [1.807, 2.05) is 12.1 Å². The zero-order valence-corrected chi connectivity index (χ0v) is 15.1. The third-order valence-corrected chi connectivity index (χ3v) is 5.99. The fraction of sp³-hybridized carbons (Fsp3) is 0.333. The fourth-order valence-electron chi connectivity index (χ4n) is 4.32. The number of hydrogen-bond donors (Lipinski definition) is 0. The van der Waals surface area contributed by atoms with E-state index < -0.39 is 11.6 Å². The van der Waals surface area contributed by atoms with Crippen molar-refractivity contribution in [2.75, 3.05) is 0 Å². The van der Waals surface area contributed by atoms with Crippen LogP contribution in [0.1, 0.15) is 61.1 Å². The summed E-state index contributed by atoms with van der Waals surface area (Å²) in [7, 11) is 0. The predicted octanol–water partition coefficient (Wildman–Crippen LogP) is 7.12. The van der Waals surface area contributed by atoms with Gasteiger partial charge in [0, 0.05) is 5.39 Å². The van der Waals surface area contributed by atoms with Gasteiger partial charge in [-0.1, -0.05) is 55.5 Å². The molecule has 0 atom stereocenters. The molecule has 2 heteroatoms. The van der Waals surface area contributed by atoms with Crippen LogP contribution >= 0.6 is 0 Å². The molecule has 0 nitrogen and oxygen atoms in total. The summed E-state index contributed by atoms with van der Waals surface area (Å²) < 4.78 is 27.3. The van der Waals surface area contributed by atoms with Crippen molar-refractivity contribution in [3.8, 4) is 0 Å². The van der Waals surface area contributed by atoms with Crippen LogP contribution in [0.15, 0.2) is 54.6 Å². The summed E-state index contributed by atoms with van der Waals surface area (Å²) >= 11 is 0. The van der Waals surface area contributed by atoms with E-state index in [1.54, 1.807) is 12.1 Å². The summed E-state index contributed by atoms with van der Waals surface area (Å²) in [5, 5.41) is 1.16. The van der Waals surface area contributed by atoms with Crippen molar-refractivity contribution in [1.82, 2.24) is 0 Å². The number of halogens is 2. The molecule has 1 aliphatic rings. The molecule has 0 aromatic heterocycles. The Kier molecular flexibility index (Phi) is 4.76. The smallest absolute Gasteiger partial charge is 0.166 e. The summed E-state index contributed by atoms with van der Waals surface area (Å²) in [6, 6.07) is 17.7. The highest BCUT2D eigenvalue weighted by Gasteiger charge is 2.23. The average Bonchev–Trinajstić information content (AvgIpc) is 2.71. The molecule has 1 fully saturated rings. The Morgan fingerprint density at radius 3 is 2.04 bits per heavy atom. The summed E-state index contributed by atoms with van der Waals surface area (Å²) in [5.74, 6) is -0.365. The molecule has 0 saturated heterocycles. The minimum Gasteiger partial charge on any atom is -0.204 e. The third-order valence-electron chi connectivity index (χ3n) is 5.99. The van der Waals surface area contributed by atoms with E-state index in [4.69, 9.17) is 0 Å². The molecule has 3 aromatic rings. The molecule has 0 N–H and O–H groups in total. The van der Waals surface area contributed by atoms with Gasteiger partial charge in [-0.15, -0.1) is 0 Å². The third kappa shape index (κ3) is 3.25. The van der Waals surface area contributed by atoms with Gasteiger partial charge in [0.1, 0.15) is 0 Å². The van der Waals surface area contributed by atoms with E-state index in [2.05, 4.69) is 31.2 Å². The Balaban J connectivity index is 1.49. The van der Waals surface area contributed by atoms with Gasteiger partial charge in [-0.2, -0.15) is 0 Å². The van der Waals surface area contributed by atoms with Crippen molar-refractivity contribution in [3.63, 3.8) is 0 Å². The van der Waals surface area contributed by atoms with Crippen molar-refractivity contribution in [2.24, 2.45) is 0 Å². The predicted molar refractivity (Wildman–Crippen MR) is 104 cm³/mol. The van der Waals surface area contributed by atoms with Gasteiger partial charge in [-0.05, 0) is 72.1 Å². The second-order valence-corrected chi connectivity index (χ2v) is 7.49. The zero-order chi connectivity index (χ0) is 18.1. The molecule has 0 unspecified atom stereocenters. The summed E-state index contributed by atoms with van der Waals surface area (Å²) in [6.45, 7) is 2.18. The molecule has 3 aromatic carbocycles. The average molecular weight is 350 g/mol. The first-order valence-corrected chi connectivity index (χ1v) is 9.62. The molecule has 1 aliphatic carbocycles. The van der Waals surface area contributed by atoms with Crippen molar-refractivity contribution in [2.45, 2.75) is 50.9 Å². The Morgan fingerprint density at radius 1 is 0.769 bits per heavy atom. The second kappa shape index (κ2) is 7.19. The van der Waals surface area contributed by atoms with Crippen molar-refractivity contribution < 1.29 is 8.78 Å². The molecular weight excluding hydrogens is 326 g/mol. The van der Waals surface area contributed by atoms with Gasteiger partial charge in [0.25, 0.3) is 0 Å². The van der Waals surface area contributed by atoms with Crippen LogP contribution in [0.25, 0.3) is 10.8 Å². The van der Waals surface area contributed by atoms with Gasteiger partial charge < -0.3 is 0 Å². The van der Waals surface area contributed by atoms with Gasteiger partial charge in [-0.25, -0.2) is 8.78 Å². The normalized spacial score (nSPS) is 20.4. The summed E-state index contributed by atoms with van der Waals surface area (Å²) in [4.78, 5) is 0. The van der Waals surface area contributed by atoms with E-state index in [0.717, 1.165) is 24.6 Å². The van der Waals surface area contributed by atoms with Gasteiger partial charge in [-0.3, -0.25) is 0 Å². The number of fused-ring (bicyclic) bond motifs is 1. The van der Waals surface area contributed by atoms with E-state index in [9.17, 15) is 8.78 Å². The van der Waals surface area contributed by atoms with Crippen LogP contribution in [0.3, 0.4) is 0 Å². The minimum atomic E-state index is -0.778. The highest BCUT2D eigenvalue weighted by atomic mass is 19.2. The highest BCUT2D eigenvalue weighted by Crippen LogP contribution is 2.41. The zero-order valence-electron chi connectivity index (χ0n) is 15.1. The van der Waals surface area contributed by atoms with Gasteiger partial charge >= 0.3 is 0 Å². The molecular formula is C24H24F2. The maximum Gasteiger partial charge on any atom is 0.166 e. The monoisotopic (exact) mass is 350 g/mol. The molecule has 0 aliphatic heterocycles. The Hall–Kier alpha value is -2.22. The van der Waals surface area contributed by atoms with Gasteiger partial charge in [0.15, 0.2) is 11.6 Å². The summed E-state index contributed by atoms with van der Waals surface area (Å²) in [6.07, 6.45) is 5.75. The largest absolute Gasteiger partial charge is 0.204 e. The molecule has 0 heterocycles. The van der Waals surface area contributed by atoms with E-state index in [1.165, 1.54) is 35.6 Å². The lowest BCUT2D eigenvalue weighted by molar-refractivity contribution is 0.396. The van der Waals surface area contributed by atoms with E-state index in [-0.39, 0.29) is 0 Å². The summed E-state index contributed by atoms with van der Waals surface area (Å²) in [5.41, 5.74) is 4.10. The Morgan fingerprint density at radius 2 is 1.38 bits per heavy atom. The molecule has 4 rings (SSSR count). The van der Waals surface area contributed by atoms with Crippen LogP contribution in [0, 0.1) is 11.6 Å². The number of hydrogen-bond acceptors (Lipinski definition) is 0. The lowest BCUT2D eigenvalue weighted by Crippen LogP contribution is -2.12. The quantitative estimate of drug-likeness (QED) is 0.471. The molecule has 0 bridgehead atoms. The molecule has 0 radical (unpaired) electrons. The molecule has 1 saturated carbocycles. The number of aryl methyl sites for hydroxylation is 1. The molecule has 134 valence electrons. The van der Waals surface area contributed by atoms with Crippen LogP contribution < -0.4 is 0 Å². The van der Waals surface area contributed by atoms with E-state index >= 15 is 0 Å².